The number of ether oxygens (including phenoxy) is 1. The van der Waals surface area contributed by atoms with Crippen LogP contribution in [0.3, 0.4) is 0 Å². The fourth-order valence-electron chi connectivity index (χ4n) is 2.76. The van der Waals surface area contributed by atoms with Gasteiger partial charge in [-0.1, -0.05) is 0 Å². The number of alkyl halides is 1. The van der Waals surface area contributed by atoms with Crippen LogP contribution in [0.4, 0.5) is 16.2 Å². The van der Waals surface area contributed by atoms with E-state index in [2.05, 4.69) is 15.0 Å². The van der Waals surface area contributed by atoms with Gasteiger partial charge >= 0.3 is 0 Å². The maximum atomic E-state index is 14.9. The van der Waals surface area contributed by atoms with Crippen molar-refractivity contribution in [2.24, 2.45) is 0 Å². The first-order valence-corrected chi connectivity index (χ1v) is 7.08. The van der Waals surface area contributed by atoms with Gasteiger partial charge in [0.05, 0.1) is 12.9 Å². The van der Waals surface area contributed by atoms with E-state index in [0.29, 0.717) is 17.0 Å². The van der Waals surface area contributed by atoms with E-state index in [1.165, 1.54) is 17.8 Å². The predicted molar refractivity (Wildman–Crippen MR) is 80.6 cm³/mol. The zero-order valence-electron chi connectivity index (χ0n) is 13.0. The topological polar surface area (TPSA) is 123 Å². The summed E-state index contributed by atoms with van der Waals surface area (Å²) < 4.78 is 21.8. The summed E-state index contributed by atoms with van der Waals surface area (Å²) in [5, 5.41) is 19.2. The van der Waals surface area contributed by atoms with Gasteiger partial charge in [-0.15, -0.1) is 0 Å². The van der Waals surface area contributed by atoms with Crippen LogP contribution in [0.2, 0.25) is 0 Å². The van der Waals surface area contributed by atoms with E-state index in [4.69, 9.17) is 10.5 Å². The number of aliphatic hydroxyl groups excluding tert-OH is 2. The van der Waals surface area contributed by atoms with Crippen LogP contribution in [0.15, 0.2) is 6.33 Å². The smallest absolute Gasteiger partial charge is 0.224 e. The van der Waals surface area contributed by atoms with Crippen molar-refractivity contribution in [3.8, 4) is 0 Å². The molecule has 0 radical (unpaired) electrons. The number of halogens is 1. The van der Waals surface area contributed by atoms with Gasteiger partial charge < -0.3 is 25.6 Å². The quantitative estimate of drug-likeness (QED) is 0.687. The first-order chi connectivity index (χ1) is 10.8. The standard InChI is InChI=1S/C13H19FN6O3/c1-13(14)8(22)6(4-21)23-11(13)20-5-16-7-9(19(2)3)17-12(15)18-10(7)20/h5-6,8,11,21-22H,4H2,1-3H3,(H2,15,17,18)/t6-,8-,11-,13-/m1/s1. The van der Waals surface area contributed by atoms with Crippen LogP contribution in [0.1, 0.15) is 13.2 Å². The van der Waals surface area contributed by atoms with Gasteiger partial charge in [-0.2, -0.15) is 9.97 Å². The molecule has 0 unspecified atom stereocenters. The highest BCUT2D eigenvalue weighted by atomic mass is 19.1. The Labute approximate surface area is 131 Å². The van der Waals surface area contributed by atoms with Crippen molar-refractivity contribution in [3.05, 3.63) is 6.33 Å². The van der Waals surface area contributed by atoms with Crippen molar-refractivity contribution in [2.45, 2.75) is 31.0 Å². The van der Waals surface area contributed by atoms with Gasteiger partial charge in [0.15, 0.2) is 28.9 Å². The number of nitrogens with two attached hydrogens (primary N) is 1. The minimum absolute atomic E-state index is 0.0146. The van der Waals surface area contributed by atoms with Crippen molar-refractivity contribution in [3.63, 3.8) is 0 Å². The lowest BCUT2D eigenvalue weighted by Gasteiger charge is -2.24. The lowest BCUT2D eigenvalue weighted by molar-refractivity contribution is -0.0566. The Hall–Kier alpha value is -2.04. The molecule has 126 valence electrons. The zero-order valence-corrected chi connectivity index (χ0v) is 13.0. The average molecular weight is 326 g/mol. The number of hydrogen-bond donors (Lipinski definition) is 3. The molecule has 0 spiro atoms. The summed E-state index contributed by atoms with van der Waals surface area (Å²) in [7, 11) is 3.55. The number of nitrogen functional groups attached to an aromatic ring is 1. The molecule has 9 nitrogen and oxygen atoms in total. The highest BCUT2D eigenvalue weighted by molar-refractivity contribution is 5.84. The summed E-state index contributed by atoms with van der Waals surface area (Å²) >= 11 is 0. The van der Waals surface area contributed by atoms with Crippen LogP contribution in [0, 0.1) is 0 Å². The zero-order chi connectivity index (χ0) is 16.9. The summed E-state index contributed by atoms with van der Waals surface area (Å²) in [4.78, 5) is 14.2. The molecule has 23 heavy (non-hydrogen) atoms. The second-order valence-electron chi connectivity index (χ2n) is 5.93. The molecule has 2 aromatic rings. The van der Waals surface area contributed by atoms with E-state index in [0.717, 1.165) is 0 Å². The second kappa shape index (κ2) is 5.25. The summed E-state index contributed by atoms with van der Waals surface area (Å²) in [6.07, 6.45) is -2.33. The fourth-order valence-corrected chi connectivity index (χ4v) is 2.76. The highest BCUT2D eigenvalue weighted by Crippen LogP contribution is 2.42. The van der Waals surface area contributed by atoms with Gasteiger partial charge in [-0.05, 0) is 6.92 Å². The maximum absolute atomic E-state index is 14.9. The molecule has 0 saturated carbocycles. The molecule has 0 aliphatic carbocycles. The molecule has 3 heterocycles. The van der Waals surface area contributed by atoms with Crippen LogP contribution < -0.4 is 10.6 Å². The third-order valence-corrected chi connectivity index (χ3v) is 3.99. The van der Waals surface area contributed by atoms with E-state index < -0.39 is 30.7 Å². The molecule has 4 N–H and O–H groups in total. The minimum atomic E-state index is -2.13. The number of hydrogen-bond acceptors (Lipinski definition) is 8. The largest absolute Gasteiger partial charge is 0.394 e. The van der Waals surface area contributed by atoms with Gasteiger partial charge in [0.2, 0.25) is 5.95 Å². The number of anilines is 2. The van der Waals surface area contributed by atoms with Crippen molar-refractivity contribution in [1.29, 1.82) is 0 Å². The minimum Gasteiger partial charge on any atom is -0.394 e. The van der Waals surface area contributed by atoms with Crippen molar-refractivity contribution >= 4 is 22.9 Å². The Morgan fingerprint density at radius 2 is 2.17 bits per heavy atom. The second-order valence-corrected chi connectivity index (χ2v) is 5.93. The lowest BCUT2D eigenvalue weighted by Crippen LogP contribution is -2.40. The maximum Gasteiger partial charge on any atom is 0.224 e. The molecule has 1 saturated heterocycles. The van der Waals surface area contributed by atoms with E-state index in [-0.39, 0.29) is 5.95 Å². The van der Waals surface area contributed by atoms with Gasteiger partial charge in [-0.3, -0.25) is 4.57 Å². The predicted octanol–water partition coefficient (Wildman–Crippen LogP) is -0.547. The number of aromatic nitrogens is 4. The molecule has 2 aromatic heterocycles. The highest BCUT2D eigenvalue weighted by Gasteiger charge is 2.55. The Bertz CT molecular complexity index is 734. The summed E-state index contributed by atoms with van der Waals surface area (Å²) in [5.41, 5.74) is 4.33. The van der Waals surface area contributed by atoms with Gasteiger partial charge in [-0.25, -0.2) is 9.37 Å². The van der Waals surface area contributed by atoms with Crippen molar-refractivity contribution in [1.82, 2.24) is 19.5 Å². The van der Waals surface area contributed by atoms with E-state index in [1.807, 2.05) is 0 Å². The lowest BCUT2D eigenvalue weighted by atomic mass is 9.98. The third-order valence-electron chi connectivity index (χ3n) is 3.99. The van der Waals surface area contributed by atoms with E-state index in [1.54, 1.807) is 19.0 Å². The Morgan fingerprint density at radius 1 is 1.48 bits per heavy atom. The Balaban J connectivity index is 2.14. The number of imidazole rings is 1. The molecule has 1 aliphatic rings. The fraction of sp³-hybridized carbons (Fsp3) is 0.615. The molecule has 0 aromatic carbocycles. The normalized spacial score (nSPS) is 31.0. The third kappa shape index (κ3) is 2.30. The molecule has 10 heteroatoms. The van der Waals surface area contributed by atoms with Crippen LogP contribution in [-0.2, 0) is 4.74 Å². The molecule has 0 amide bonds. The molecule has 4 atom stereocenters. The van der Waals surface area contributed by atoms with Gasteiger partial charge in [0.25, 0.3) is 0 Å². The molecule has 1 aliphatic heterocycles. The van der Waals surface area contributed by atoms with Crippen LogP contribution in [0.5, 0.6) is 0 Å². The SMILES string of the molecule is CN(C)c1nc(N)nc2c1ncn2[C@@H]1O[C@H](CO)[C@@H](O)[C@@]1(C)F. The summed E-state index contributed by atoms with van der Waals surface area (Å²) in [6.45, 7) is 0.713. The summed E-state index contributed by atoms with van der Waals surface area (Å²) in [5.74, 6) is 0.504. The summed E-state index contributed by atoms with van der Waals surface area (Å²) in [6, 6.07) is 0. The number of nitrogens with zero attached hydrogens (tertiary/aromatic N) is 5. The Kier molecular flexibility index (Phi) is 3.62. The van der Waals surface area contributed by atoms with Crippen LogP contribution in [0.25, 0.3) is 11.2 Å². The first kappa shape index (κ1) is 15.8. The first-order valence-electron chi connectivity index (χ1n) is 7.08. The van der Waals surface area contributed by atoms with Crippen LogP contribution >= 0.6 is 0 Å². The number of aliphatic hydroxyl groups is 2. The molecular formula is C13H19FN6O3. The van der Waals surface area contributed by atoms with Crippen molar-refractivity contribution in [2.75, 3.05) is 31.3 Å². The van der Waals surface area contributed by atoms with E-state index in [9.17, 15) is 14.6 Å². The molecule has 1 fully saturated rings. The van der Waals surface area contributed by atoms with E-state index >= 15 is 0 Å². The number of fused-ring (bicyclic) bond motifs is 1. The molecule has 3 rings (SSSR count). The van der Waals surface area contributed by atoms with Crippen molar-refractivity contribution < 1.29 is 19.3 Å². The Morgan fingerprint density at radius 3 is 2.74 bits per heavy atom. The monoisotopic (exact) mass is 326 g/mol. The molecular weight excluding hydrogens is 307 g/mol. The van der Waals surface area contributed by atoms with Gasteiger partial charge in [0.1, 0.15) is 12.2 Å². The van der Waals surface area contributed by atoms with Crippen LogP contribution in [-0.4, -0.2) is 68.3 Å². The average Bonchev–Trinajstić information content (AvgIpc) is 2.98. The number of rotatable bonds is 3. The van der Waals surface area contributed by atoms with Gasteiger partial charge in [0, 0.05) is 14.1 Å². The molecule has 0 bridgehead atoms.